The summed E-state index contributed by atoms with van der Waals surface area (Å²) in [7, 11) is 1.50. The average molecular weight is 529 g/mol. The lowest BCUT2D eigenvalue weighted by molar-refractivity contribution is -0.132. The zero-order valence-corrected chi connectivity index (χ0v) is 20.0. The predicted molar refractivity (Wildman–Crippen MR) is 130 cm³/mol. The van der Waals surface area contributed by atoms with E-state index in [1.165, 1.54) is 24.1 Å². The molecule has 0 bridgehead atoms. The molecule has 1 aliphatic rings. The van der Waals surface area contributed by atoms with Crippen molar-refractivity contribution in [1.82, 2.24) is 0 Å². The zero-order chi connectivity index (χ0) is 23.9. The molecule has 0 aromatic heterocycles. The Labute approximate surface area is 203 Å². The lowest BCUT2D eigenvalue weighted by Crippen LogP contribution is -2.29. The zero-order valence-electron chi connectivity index (χ0n) is 17.7. The number of Topliss-reactive ketones (excluding diaryl/α,β-unsaturated/α-hetero) is 1. The number of anilines is 1. The number of ketones is 1. The van der Waals surface area contributed by atoms with Crippen molar-refractivity contribution in [3.63, 3.8) is 0 Å². The summed E-state index contributed by atoms with van der Waals surface area (Å²) in [6, 6.07) is 15.3. The quantitative estimate of drug-likeness (QED) is 0.256. The van der Waals surface area contributed by atoms with Crippen LogP contribution in [0.3, 0.4) is 0 Å². The number of nitrogens with zero attached hydrogens (tertiary/aromatic N) is 1. The van der Waals surface area contributed by atoms with E-state index >= 15 is 0 Å². The molecular weight excluding hydrogens is 510 g/mol. The summed E-state index contributed by atoms with van der Waals surface area (Å²) in [4.78, 5) is 27.7. The van der Waals surface area contributed by atoms with Gasteiger partial charge in [0.05, 0.1) is 23.7 Å². The molecule has 0 saturated carbocycles. The molecule has 0 spiro atoms. The Kier molecular flexibility index (Phi) is 6.19. The van der Waals surface area contributed by atoms with E-state index in [-0.39, 0.29) is 22.1 Å². The normalized spacial score (nSPS) is 17.5. The molecule has 1 heterocycles. The molecule has 1 fully saturated rings. The fourth-order valence-electron chi connectivity index (χ4n) is 3.82. The number of amides is 1. The number of aryl methyl sites for hydroxylation is 1. The molecular formula is C25H19BrClNO5. The van der Waals surface area contributed by atoms with Crippen molar-refractivity contribution in [1.29, 1.82) is 0 Å². The van der Waals surface area contributed by atoms with Gasteiger partial charge in [0.15, 0.2) is 0 Å². The van der Waals surface area contributed by atoms with E-state index in [1.54, 1.807) is 48.5 Å². The molecule has 33 heavy (non-hydrogen) atoms. The SMILES string of the molecule is COc1cccc(N2C(=O)C(=O)/C(=C(\O)c3ccc(Br)c(C)c3)C2c2ccc(O)c(Cl)c2)c1. The van der Waals surface area contributed by atoms with Gasteiger partial charge in [0.1, 0.15) is 17.3 Å². The smallest absolute Gasteiger partial charge is 0.300 e. The Hall–Kier alpha value is -3.29. The van der Waals surface area contributed by atoms with Crippen LogP contribution in [-0.4, -0.2) is 29.0 Å². The molecule has 4 rings (SSSR count). The number of benzene rings is 3. The number of methoxy groups -OCH3 is 1. The van der Waals surface area contributed by atoms with Crippen LogP contribution in [-0.2, 0) is 9.59 Å². The van der Waals surface area contributed by atoms with Gasteiger partial charge in [-0.1, -0.05) is 45.7 Å². The third kappa shape index (κ3) is 4.10. The lowest BCUT2D eigenvalue weighted by Gasteiger charge is -2.26. The highest BCUT2D eigenvalue weighted by Gasteiger charge is 2.47. The van der Waals surface area contributed by atoms with Crippen LogP contribution in [0.15, 0.2) is 70.7 Å². The Morgan fingerprint density at radius 1 is 1.09 bits per heavy atom. The number of carbonyl (C=O) groups is 2. The minimum absolute atomic E-state index is 0.0585. The first-order valence-corrected chi connectivity index (χ1v) is 11.1. The number of halogens is 2. The van der Waals surface area contributed by atoms with E-state index in [1.807, 2.05) is 6.92 Å². The molecule has 6 nitrogen and oxygen atoms in total. The second-order valence-electron chi connectivity index (χ2n) is 7.55. The molecule has 1 saturated heterocycles. The van der Waals surface area contributed by atoms with E-state index < -0.39 is 17.7 Å². The Balaban J connectivity index is 1.97. The van der Waals surface area contributed by atoms with Gasteiger partial charge in [-0.05, 0) is 54.4 Å². The van der Waals surface area contributed by atoms with Crippen LogP contribution in [0.2, 0.25) is 5.02 Å². The first-order valence-electron chi connectivity index (χ1n) is 9.93. The highest BCUT2D eigenvalue weighted by molar-refractivity contribution is 9.10. The number of hydrogen-bond acceptors (Lipinski definition) is 5. The molecule has 1 aliphatic heterocycles. The van der Waals surface area contributed by atoms with E-state index in [0.717, 1.165) is 10.0 Å². The van der Waals surface area contributed by atoms with E-state index in [4.69, 9.17) is 16.3 Å². The molecule has 3 aromatic carbocycles. The summed E-state index contributed by atoms with van der Waals surface area (Å²) in [5.74, 6) is -1.57. The fraction of sp³-hybridized carbons (Fsp3) is 0.120. The maximum Gasteiger partial charge on any atom is 0.300 e. The molecule has 8 heteroatoms. The summed E-state index contributed by atoms with van der Waals surface area (Å²) in [6.45, 7) is 1.85. The van der Waals surface area contributed by atoms with E-state index in [0.29, 0.717) is 22.6 Å². The number of ether oxygens (including phenoxy) is 1. The molecule has 0 radical (unpaired) electrons. The van der Waals surface area contributed by atoms with Gasteiger partial charge in [0.2, 0.25) is 0 Å². The number of phenolic OH excluding ortho intramolecular Hbond substituents is 1. The third-order valence-corrected chi connectivity index (χ3v) is 6.69. The van der Waals surface area contributed by atoms with Crippen molar-refractivity contribution >= 4 is 50.7 Å². The number of aromatic hydroxyl groups is 1. The van der Waals surface area contributed by atoms with Crippen molar-refractivity contribution in [2.75, 3.05) is 12.0 Å². The standard InChI is InChI=1S/C25H19BrClNO5/c1-13-10-15(6-8-18(13)26)23(30)21-22(14-7-9-20(29)19(27)11-14)28(25(32)24(21)31)16-4-3-5-17(12-16)33-2/h3-12,22,29-30H,1-2H3/b23-21-. The molecule has 1 atom stereocenters. The second kappa shape index (κ2) is 8.92. The number of rotatable bonds is 4. The summed E-state index contributed by atoms with van der Waals surface area (Å²) in [5, 5.41) is 21.2. The van der Waals surface area contributed by atoms with E-state index in [9.17, 15) is 19.8 Å². The van der Waals surface area contributed by atoms with Gasteiger partial charge in [0, 0.05) is 21.8 Å². The van der Waals surface area contributed by atoms with Crippen molar-refractivity contribution in [3.05, 3.63) is 92.4 Å². The second-order valence-corrected chi connectivity index (χ2v) is 8.81. The minimum atomic E-state index is -0.973. The number of hydrogen-bond donors (Lipinski definition) is 2. The number of phenols is 1. The highest BCUT2D eigenvalue weighted by atomic mass is 79.9. The molecule has 2 N–H and O–H groups in total. The Morgan fingerprint density at radius 2 is 1.85 bits per heavy atom. The maximum absolute atomic E-state index is 13.2. The molecule has 3 aromatic rings. The van der Waals surface area contributed by atoms with E-state index in [2.05, 4.69) is 15.9 Å². The number of carbonyl (C=O) groups excluding carboxylic acids is 2. The summed E-state index contributed by atoms with van der Waals surface area (Å²) >= 11 is 9.57. The maximum atomic E-state index is 13.2. The van der Waals surface area contributed by atoms with Crippen LogP contribution >= 0.6 is 27.5 Å². The Bertz CT molecular complexity index is 1320. The predicted octanol–water partition coefficient (Wildman–Crippen LogP) is 5.75. The minimum Gasteiger partial charge on any atom is -0.507 e. The van der Waals surface area contributed by atoms with Crippen LogP contribution in [0.5, 0.6) is 11.5 Å². The Morgan fingerprint density at radius 3 is 2.52 bits per heavy atom. The average Bonchev–Trinajstić information content (AvgIpc) is 3.07. The van der Waals surface area contributed by atoms with Crippen LogP contribution in [0.1, 0.15) is 22.7 Å². The largest absolute Gasteiger partial charge is 0.507 e. The molecule has 1 amide bonds. The van der Waals surface area contributed by atoms with Crippen molar-refractivity contribution in [3.8, 4) is 11.5 Å². The van der Waals surface area contributed by atoms with Crippen LogP contribution < -0.4 is 9.64 Å². The van der Waals surface area contributed by atoms with Gasteiger partial charge < -0.3 is 14.9 Å². The first kappa shape index (κ1) is 22.9. The van der Waals surface area contributed by atoms with Gasteiger partial charge in [-0.15, -0.1) is 0 Å². The summed E-state index contributed by atoms with van der Waals surface area (Å²) in [6.07, 6.45) is 0. The van der Waals surface area contributed by atoms with Crippen LogP contribution in [0.4, 0.5) is 5.69 Å². The van der Waals surface area contributed by atoms with Gasteiger partial charge in [-0.3, -0.25) is 14.5 Å². The van der Waals surface area contributed by atoms with Crippen LogP contribution in [0.25, 0.3) is 5.76 Å². The van der Waals surface area contributed by atoms with Gasteiger partial charge in [0.25, 0.3) is 11.7 Å². The topological polar surface area (TPSA) is 87.1 Å². The van der Waals surface area contributed by atoms with Crippen molar-refractivity contribution < 1.29 is 24.5 Å². The van der Waals surface area contributed by atoms with Crippen LogP contribution in [0, 0.1) is 6.92 Å². The molecule has 1 unspecified atom stereocenters. The fourth-order valence-corrected chi connectivity index (χ4v) is 4.25. The third-order valence-electron chi connectivity index (χ3n) is 5.49. The lowest BCUT2D eigenvalue weighted by atomic mass is 9.94. The van der Waals surface area contributed by atoms with Gasteiger partial charge in [-0.2, -0.15) is 0 Å². The summed E-state index contributed by atoms with van der Waals surface area (Å²) in [5.41, 5.74) is 2.04. The first-order chi connectivity index (χ1) is 15.7. The van der Waals surface area contributed by atoms with Gasteiger partial charge >= 0.3 is 0 Å². The monoisotopic (exact) mass is 527 g/mol. The number of aliphatic hydroxyl groups excluding tert-OH is 1. The molecule has 0 aliphatic carbocycles. The molecule has 168 valence electrons. The number of aliphatic hydroxyl groups is 1. The van der Waals surface area contributed by atoms with Crippen molar-refractivity contribution in [2.45, 2.75) is 13.0 Å². The van der Waals surface area contributed by atoms with Crippen molar-refractivity contribution in [2.24, 2.45) is 0 Å². The highest BCUT2D eigenvalue weighted by Crippen LogP contribution is 2.44. The summed E-state index contributed by atoms with van der Waals surface area (Å²) < 4.78 is 6.12. The van der Waals surface area contributed by atoms with Gasteiger partial charge in [-0.25, -0.2) is 0 Å².